The Bertz CT molecular complexity index is 555. The predicted octanol–water partition coefficient (Wildman–Crippen LogP) is 0.344. The maximum atomic E-state index is 8.00. The van der Waals surface area contributed by atoms with Crippen LogP contribution >= 0.6 is 0 Å². The molecule has 3 rings (SSSR count). The SMILES string of the molecule is C=O.C=O.[Cl-].[Fe+2].c1ccc2c(c1)[cH-]c1ccccc12. The second kappa shape index (κ2) is 10.4. The molecule has 0 saturated heterocycles. The minimum Gasteiger partial charge on any atom is -1.00 e. The Labute approximate surface area is 129 Å². The predicted molar refractivity (Wildman–Crippen MR) is 71.3 cm³/mol. The fraction of sp³-hybridized carbons (Fsp3) is 0. The molecule has 0 aliphatic carbocycles. The van der Waals surface area contributed by atoms with Crippen molar-refractivity contribution >= 4 is 35.1 Å². The number of fused-ring (bicyclic) bond motifs is 3. The molecule has 0 radical (unpaired) electrons. The quantitative estimate of drug-likeness (QED) is 0.443. The van der Waals surface area contributed by atoms with Crippen LogP contribution in [0.25, 0.3) is 21.5 Å². The number of rotatable bonds is 0. The smallest absolute Gasteiger partial charge is 1.00 e. The number of benzene rings is 2. The van der Waals surface area contributed by atoms with Crippen molar-refractivity contribution in [1.82, 2.24) is 0 Å². The monoisotopic (exact) mass is 316 g/mol. The van der Waals surface area contributed by atoms with Gasteiger partial charge in [0.05, 0.1) is 0 Å². The molecule has 100 valence electrons. The van der Waals surface area contributed by atoms with Crippen LogP contribution in [0.2, 0.25) is 0 Å². The minimum atomic E-state index is 0. The molecule has 0 aliphatic heterocycles. The second-order valence-corrected chi connectivity index (χ2v) is 3.32. The van der Waals surface area contributed by atoms with E-state index in [1.807, 2.05) is 13.6 Å². The van der Waals surface area contributed by atoms with Crippen molar-refractivity contribution in [2.45, 2.75) is 0 Å². The van der Waals surface area contributed by atoms with Crippen LogP contribution in [0, 0.1) is 0 Å². The molecule has 3 aromatic carbocycles. The van der Waals surface area contributed by atoms with Gasteiger partial charge in [0.15, 0.2) is 0 Å². The average molecular weight is 317 g/mol. The van der Waals surface area contributed by atoms with Gasteiger partial charge in [-0.2, -0.15) is 0 Å². The first kappa shape index (κ1) is 19.8. The summed E-state index contributed by atoms with van der Waals surface area (Å²) in [5.74, 6) is 0. The number of halogens is 1. The van der Waals surface area contributed by atoms with Crippen molar-refractivity contribution < 1.29 is 39.1 Å². The molecular weight excluding hydrogens is 303 g/mol. The van der Waals surface area contributed by atoms with Gasteiger partial charge in [-0.25, -0.2) is 0 Å². The van der Waals surface area contributed by atoms with E-state index in [-0.39, 0.29) is 29.5 Å². The molecule has 0 fully saturated rings. The molecule has 0 saturated carbocycles. The Kier molecular flexibility index (Phi) is 10.8. The van der Waals surface area contributed by atoms with Gasteiger partial charge in [0.25, 0.3) is 0 Å². The average Bonchev–Trinajstić information content (AvgIpc) is 2.82. The number of hydrogen-bond donors (Lipinski definition) is 0. The third-order valence-corrected chi connectivity index (χ3v) is 2.52. The Morgan fingerprint density at radius 1 is 0.684 bits per heavy atom. The first-order valence-electron chi connectivity index (χ1n) is 5.06. The molecule has 0 aliphatic rings. The van der Waals surface area contributed by atoms with Gasteiger partial charge in [0.1, 0.15) is 13.6 Å². The van der Waals surface area contributed by atoms with Crippen LogP contribution in [0.1, 0.15) is 0 Å². The van der Waals surface area contributed by atoms with Crippen molar-refractivity contribution in [2.75, 3.05) is 0 Å². The molecule has 0 heterocycles. The van der Waals surface area contributed by atoms with Crippen LogP contribution in [0.4, 0.5) is 0 Å². The fourth-order valence-corrected chi connectivity index (χ4v) is 1.90. The fourth-order valence-electron chi connectivity index (χ4n) is 1.90. The number of carbonyl (C=O) groups excluding carboxylic acids is 2. The summed E-state index contributed by atoms with van der Waals surface area (Å²) in [6, 6.07) is 19.3. The number of hydrogen-bond acceptors (Lipinski definition) is 2. The van der Waals surface area contributed by atoms with E-state index >= 15 is 0 Å². The van der Waals surface area contributed by atoms with Gasteiger partial charge in [0, 0.05) is 0 Å². The Hall–Kier alpha value is -1.54. The summed E-state index contributed by atoms with van der Waals surface area (Å²) in [4.78, 5) is 16.0. The molecule has 3 aromatic rings. The molecular formula is C15H13ClFeO2. The topological polar surface area (TPSA) is 34.1 Å². The van der Waals surface area contributed by atoms with E-state index in [2.05, 4.69) is 54.6 Å². The Morgan fingerprint density at radius 2 is 1.00 bits per heavy atom. The van der Waals surface area contributed by atoms with Gasteiger partial charge in [-0.15, -0.1) is 39.7 Å². The molecule has 0 spiro atoms. The summed E-state index contributed by atoms with van der Waals surface area (Å²) in [7, 11) is 0. The van der Waals surface area contributed by atoms with Gasteiger partial charge in [-0.05, 0) is 0 Å². The van der Waals surface area contributed by atoms with Crippen LogP contribution in [0.5, 0.6) is 0 Å². The molecule has 2 nitrogen and oxygen atoms in total. The van der Waals surface area contributed by atoms with E-state index in [0.29, 0.717) is 0 Å². The molecule has 0 N–H and O–H groups in total. The third kappa shape index (κ3) is 4.25. The minimum absolute atomic E-state index is 0. The normalized spacial score (nSPS) is 8.00. The molecule has 19 heavy (non-hydrogen) atoms. The maximum Gasteiger partial charge on any atom is 2.00 e. The summed E-state index contributed by atoms with van der Waals surface area (Å²) in [5.41, 5.74) is 0. The Balaban J connectivity index is 0. The van der Waals surface area contributed by atoms with E-state index in [4.69, 9.17) is 9.59 Å². The van der Waals surface area contributed by atoms with Crippen LogP contribution in [-0.2, 0) is 26.7 Å². The zero-order valence-electron chi connectivity index (χ0n) is 10.2. The van der Waals surface area contributed by atoms with E-state index in [1.54, 1.807) is 0 Å². The van der Waals surface area contributed by atoms with Gasteiger partial charge < -0.3 is 22.0 Å². The van der Waals surface area contributed by atoms with Gasteiger partial charge >= 0.3 is 17.1 Å². The molecule has 0 unspecified atom stereocenters. The number of carbonyl (C=O) groups is 2. The Morgan fingerprint density at radius 3 is 1.37 bits per heavy atom. The van der Waals surface area contributed by atoms with E-state index in [0.717, 1.165) is 0 Å². The summed E-state index contributed by atoms with van der Waals surface area (Å²) in [5, 5.41) is 5.39. The van der Waals surface area contributed by atoms with Crippen LogP contribution in [0.15, 0.2) is 54.6 Å². The van der Waals surface area contributed by atoms with Crippen LogP contribution < -0.4 is 12.4 Å². The summed E-state index contributed by atoms with van der Waals surface area (Å²) in [6.45, 7) is 4.00. The third-order valence-electron chi connectivity index (χ3n) is 2.52. The van der Waals surface area contributed by atoms with Crippen molar-refractivity contribution in [3.63, 3.8) is 0 Å². The summed E-state index contributed by atoms with van der Waals surface area (Å²) < 4.78 is 0. The summed E-state index contributed by atoms with van der Waals surface area (Å²) in [6.07, 6.45) is 0. The van der Waals surface area contributed by atoms with Crippen LogP contribution in [-0.4, -0.2) is 13.6 Å². The standard InChI is InChI=1S/C13H9.2CH2O.ClH.Fe/c1-3-7-12-10(5-1)9-11-6-2-4-8-13(11)12;2*1-2;;/h1-9H;2*1H2;1H;/q-1;;;;+2/p-1. The molecule has 0 amide bonds. The van der Waals surface area contributed by atoms with Gasteiger partial charge in [-0.1, -0.05) is 36.4 Å². The first-order valence-corrected chi connectivity index (χ1v) is 5.06. The van der Waals surface area contributed by atoms with Crippen molar-refractivity contribution in [2.24, 2.45) is 0 Å². The summed E-state index contributed by atoms with van der Waals surface area (Å²) >= 11 is 0. The van der Waals surface area contributed by atoms with Crippen LogP contribution in [0.3, 0.4) is 0 Å². The molecule has 0 aromatic heterocycles. The first-order chi connectivity index (χ1) is 8.45. The zero-order chi connectivity index (χ0) is 12.7. The van der Waals surface area contributed by atoms with E-state index < -0.39 is 0 Å². The van der Waals surface area contributed by atoms with Crippen molar-refractivity contribution in [1.29, 1.82) is 0 Å². The largest absolute Gasteiger partial charge is 2.00 e. The van der Waals surface area contributed by atoms with Gasteiger partial charge in [0.2, 0.25) is 0 Å². The van der Waals surface area contributed by atoms with E-state index in [1.165, 1.54) is 21.5 Å². The van der Waals surface area contributed by atoms with Crippen molar-refractivity contribution in [3.05, 3.63) is 54.6 Å². The zero-order valence-corrected chi connectivity index (χ0v) is 12.0. The molecule has 0 atom stereocenters. The molecule has 4 heteroatoms. The molecule has 0 bridgehead atoms. The van der Waals surface area contributed by atoms with E-state index in [9.17, 15) is 0 Å². The maximum absolute atomic E-state index is 8.00. The van der Waals surface area contributed by atoms with Crippen molar-refractivity contribution in [3.8, 4) is 0 Å². The second-order valence-electron chi connectivity index (χ2n) is 3.32. The van der Waals surface area contributed by atoms with Gasteiger partial charge in [-0.3, -0.25) is 0 Å².